The van der Waals surface area contributed by atoms with Crippen LogP contribution in [0.5, 0.6) is 0 Å². The number of ether oxygens (including phenoxy) is 2. The highest BCUT2D eigenvalue weighted by atomic mass is 16.5. The predicted molar refractivity (Wildman–Crippen MR) is 85.6 cm³/mol. The van der Waals surface area contributed by atoms with Crippen molar-refractivity contribution in [2.24, 2.45) is 5.92 Å². The van der Waals surface area contributed by atoms with Gasteiger partial charge in [0.2, 0.25) is 0 Å². The van der Waals surface area contributed by atoms with Crippen LogP contribution in [0.4, 0.5) is 11.4 Å². The van der Waals surface area contributed by atoms with Gasteiger partial charge < -0.3 is 20.5 Å². The zero-order valence-corrected chi connectivity index (χ0v) is 13.1. The van der Waals surface area contributed by atoms with E-state index in [2.05, 4.69) is 19.2 Å². The molecule has 0 amide bonds. The molecule has 0 saturated carbocycles. The maximum Gasteiger partial charge on any atom is 0.338 e. The summed E-state index contributed by atoms with van der Waals surface area (Å²) in [6, 6.07) is 5.08. The minimum atomic E-state index is -0.339. The van der Waals surface area contributed by atoms with Crippen molar-refractivity contribution < 1.29 is 14.3 Å². The van der Waals surface area contributed by atoms with Crippen molar-refractivity contribution in [3.8, 4) is 0 Å². The fraction of sp³-hybridized carbons (Fsp3) is 0.562. The topological polar surface area (TPSA) is 73.6 Å². The summed E-state index contributed by atoms with van der Waals surface area (Å²) in [6.07, 6.45) is 1.06. The van der Waals surface area contributed by atoms with E-state index in [4.69, 9.17) is 15.2 Å². The number of rotatable bonds is 9. The molecule has 0 atom stereocenters. The molecule has 0 saturated heterocycles. The number of carbonyl (C=O) groups is 1. The first-order valence-corrected chi connectivity index (χ1v) is 7.42. The van der Waals surface area contributed by atoms with E-state index in [1.807, 2.05) is 0 Å². The van der Waals surface area contributed by atoms with Gasteiger partial charge in [0.1, 0.15) is 0 Å². The Balaban J connectivity index is 2.43. The summed E-state index contributed by atoms with van der Waals surface area (Å²) in [5.41, 5.74) is 7.72. The molecule has 118 valence electrons. The van der Waals surface area contributed by atoms with Gasteiger partial charge in [-0.15, -0.1) is 0 Å². The molecule has 0 aliphatic heterocycles. The van der Waals surface area contributed by atoms with Gasteiger partial charge in [-0.2, -0.15) is 0 Å². The molecule has 0 aliphatic rings. The number of hydrogen-bond donors (Lipinski definition) is 2. The third-order valence-electron chi connectivity index (χ3n) is 2.97. The molecule has 0 radical (unpaired) electrons. The lowest BCUT2D eigenvalue weighted by Gasteiger charge is -2.12. The monoisotopic (exact) mass is 294 g/mol. The van der Waals surface area contributed by atoms with Gasteiger partial charge in [-0.05, 0) is 37.5 Å². The van der Waals surface area contributed by atoms with Gasteiger partial charge in [-0.25, -0.2) is 4.79 Å². The third kappa shape index (κ3) is 6.49. The lowest BCUT2D eigenvalue weighted by atomic mass is 10.1. The van der Waals surface area contributed by atoms with E-state index >= 15 is 0 Å². The van der Waals surface area contributed by atoms with Gasteiger partial charge in [0, 0.05) is 13.2 Å². The van der Waals surface area contributed by atoms with Crippen LogP contribution in [0, 0.1) is 5.92 Å². The van der Waals surface area contributed by atoms with Crippen molar-refractivity contribution in [2.45, 2.75) is 27.2 Å². The standard InChI is InChI=1S/C16H26N2O3/c1-4-21-16(19)13-5-6-14(17)15(11-13)18-8-10-20-9-7-12(2)3/h5-6,11-12,18H,4,7-10,17H2,1-3H3. The number of esters is 1. The highest BCUT2D eigenvalue weighted by molar-refractivity contribution is 5.92. The Morgan fingerprint density at radius 2 is 2.10 bits per heavy atom. The molecule has 5 nitrogen and oxygen atoms in total. The minimum absolute atomic E-state index is 0.339. The number of carbonyl (C=O) groups excluding carboxylic acids is 1. The molecular weight excluding hydrogens is 268 g/mol. The molecule has 0 spiro atoms. The van der Waals surface area contributed by atoms with Crippen molar-refractivity contribution in [1.82, 2.24) is 0 Å². The molecule has 0 fully saturated rings. The van der Waals surface area contributed by atoms with Crippen molar-refractivity contribution in [1.29, 1.82) is 0 Å². The van der Waals surface area contributed by atoms with E-state index in [-0.39, 0.29) is 5.97 Å². The second kappa shape index (κ2) is 9.23. The Hall–Kier alpha value is -1.75. The van der Waals surface area contributed by atoms with Crippen LogP contribution in [0.1, 0.15) is 37.6 Å². The summed E-state index contributed by atoms with van der Waals surface area (Å²) >= 11 is 0. The maximum atomic E-state index is 11.7. The van der Waals surface area contributed by atoms with E-state index in [1.165, 1.54) is 0 Å². The number of nitrogens with one attached hydrogen (secondary N) is 1. The average Bonchev–Trinajstić information content (AvgIpc) is 2.44. The molecule has 0 aliphatic carbocycles. The Morgan fingerprint density at radius 1 is 1.33 bits per heavy atom. The molecule has 0 aromatic heterocycles. The van der Waals surface area contributed by atoms with Gasteiger partial charge in [-0.1, -0.05) is 13.8 Å². The summed E-state index contributed by atoms with van der Waals surface area (Å²) < 4.78 is 10.5. The molecule has 3 N–H and O–H groups in total. The third-order valence-corrected chi connectivity index (χ3v) is 2.97. The van der Waals surface area contributed by atoms with E-state index in [0.717, 1.165) is 18.7 Å². The van der Waals surface area contributed by atoms with E-state index < -0.39 is 0 Å². The molecule has 0 bridgehead atoms. The number of nitrogens with two attached hydrogens (primary N) is 1. The molecule has 5 heteroatoms. The SMILES string of the molecule is CCOC(=O)c1ccc(N)c(NCCOCCC(C)C)c1. The van der Waals surface area contributed by atoms with Crippen LogP contribution in [-0.2, 0) is 9.47 Å². The van der Waals surface area contributed by atoms with E-state index in [1.54, 1.807) is 25.1 Å². The molecule has 1 aromatic carbocycles. The zero-order valence-electron chi connectivity index (χ0n) is 13.1. The van der Waals surface area contributed by atoms with Crippen molar-refractivity contribution in [3.05, 3.63) is 23.8 Å². The summed E-state index contributed by atoms with van der Waals surface area (Å²) in [6.45, 7) is 8.49. The fourth-order valence-corrected chi connectivity index (χ4v) is 1.73. The van der Waals surface area contributed by atoms with Crippen molar-refractivity contribution >= 4 is 17.3 Å². The highest BCUT2D eigenvalue weighted by Gasteiger charge is 2.08. The van der Waals surface area contributed by atoms with Gasteiger partial charge in [0.05, 0.1) is 30.2 Å². The average molecular weight is 294 g/mol. The van der Waals surface area contributed by atoms with Gasteiger partial charge >= 0.3 is 5.97 Å². The zero-order chi connectivity index (χ0) is 15.7. The largest absolute Gasteiger partial charge is 0.462 e. The molecule has 0 unspecified atom stereocenters. The molecule has 21 heavy (non-hydrogen) atoms. The highest BCUT2D eigenvalue weighted by Crippen LogP contribution is 2.20. The number of hydrogen-bond acceptors (Lipinski definition) is 5. The molecular formula is C16H26N2O3. The summed E-state index contributed by atoms with van der Waals surface area (Å²) in [5.74, 6) is 0.309. The fourth-order valence-electron chi connectivity index (χ4n) is 1.73. The second-order valence-corrected chi connectivity index (χ2v) is 5.24. The summed E-state index contributed by atoms with van der Waals surface area (Å²) in [4.78, 5) is 11.7. The normalized spacial score (nSPS) is 10.7. The Bertz CT molecular complexity index is 447. The minimum Gasteiger partial charge on any atom is -0.462 e. The Labute approximate surface area is 126 Å². The Morgan fingerprint density at radius 3 is 2.76 bits per heavy atom. The predicted octanol–water partition coefficient (Wildman–Crippen LogP) is 2.92. The lowest BCUT2D eigenvalue weighted by molar-refractivity contribution is 0.0526. The summed E-state index contributed by atoms with van der Waals surface area (Å²) in [5, 5.41) is 3.18. The van der Waals surface area contributed by atoms with E-state index in [9.17, 15) is 4.79 Å². The van der Waals surface area contributed by atoms with Gasteiger partial charge in [-0.3, -0.25) is 0 Å². The molecule has 1 aromatic rings. The summed E-state index contributed by atoms with van der Waals surface area (Å²) in [7, 11) is 0. The molecule has 0 heterocycles. The van der Waals surface area contributed by atoms with Gasteiger partial charge in [0.15, 0.2) is 0 Å². The van der Waals surface area contributed by atoms with Crippen LogP contribution in [0.15, 0.2) is 18.2 Å². The van der Waals surface area contributed by atoms with Crippen LogP contribution >= 0.6 is 0 Å². The first kappa shape index (κ1) is 17.3. The quantitative estimate of drug-likeness (QED) is 0.416. The van der Waals surface area contributed by atoms with Crippen LogP contribution in [-0.4, -0.2) is 32.3 Å². The number of anilines is 2. The Kier molecular flexibility index (Phi) is 7.61. The number of benzene rings is 1. The smallest absolute Gasteiger partial charge is 0.338 e. The molecule has 1 rings (SSSR count). The first-order valence-electron chi connectivity index (χ1n) is 7.42. The van der Waals surface area contributed by atoms with E-state index in [0.29, 0.717) is 36.9 Å². The van der Waals surface area contributed by atoms with Crippen molar-refractivity contribution in [3.63, 3.8) is 0 Å². The van der Waals surface area contributed by atoms with Crippen LogP contribution in [0.25, 0.3) is 0 Å². The lowest BCUT2D eigenvalue weighted by Crippen LogP contribution is -2.13. The van der Waals surface area contributed by atoms with Gasteiger partial charge in [0.25, 0.3) is 0 Å². The second-order valence-electron chi connectivity index (χ2n) is 5.24. The number of nitrogen functional groups attached to an aromatic ring is 1. The van der Waals surface area contributed by atoms with Crippen molar-refractivity contribution in [2.75, 3.05) is 37.4 Å². The van der Waals surface area contributed by atoms with Crippen LogP contribution in [0.2, 0.25) is 0 Å². The maximum absolute atomic E-state index is 11.7. The van der Waals surface area contributed by atoms with Crippen LogP contribution in [0.3, 0.4) is 0 Å². The van der Waals surface area contributed by atoms with Crippen LogP contribution < -0.4 is 11.1 Å². The first-order chi connectivity index (χ1) is 10.0.